The highest BCUT2D eigenvalue weighted by atomic mass is 32.2. The second-order valence-corrected chi connectivity index (χ2v) is 5.21. The number of hydrogen-bond donors (Lipinski definition) is 1. The summed E-state index contributed by atoms with van der Waals surface area (Å²) in [6, 6.07) is 4.88. The van der Waals surface area contributed by atoms with Crippen LogP contribution < -0.4 is 4.72 Å². The van der Waals surface area contributed by atoms with Crippen molar-refractivity contribution >= 4 is 15.9 Å². The SMILES string of the molecule is CC(C)C(=O)NS(=O)(=O)c1ccccc1F.[HH]. The van der Waals surface area contributed by atoms with Crippen LogP contribution in [-0.4, -0.2) is 14.3 Å². The number of benzene rings is 1. The Labute approximate surface area is 95.0 Å². The van der Waals surface area contributed by atoms with E-state index in [0.717, 1.165) is 12.1 Å². The van der Waals surface area contributed by atoms with Crippen LogP contribution in [0.3, 0.4) is 0 Å². The fraction of sp³-hybridized carbons (Fsp3) is 0.300. The second kappa shape index (κ2) is 4.61. The zero-order valence-electron chi connectivity index (χ0n) is 8.90. The van der Waals surface area contributed by atoms with Gasteiger partial charge < -0.3 is 0 Å². The first-order chi connectivity index (χ1) is 7.34. The Balaban J connectivity index is 0.00000256. The smallest absolute Gasteiger partial charge is 0.266 e. The highest BCUT2D eigenvalue weighted by molar-refractivity contribution is 7.90. The third-order valence-corrected chi connectivity index (χ3v) is 3.27. The van der Waals surface area contributed by atoms with Crippen LogP contribution in [0.25, 0.3) is 0 Å². The minimum Gasteiger partial charge on any atom is -0.274 e. The van der Waals surface area contributed by atoms with Gasteiger partial charge in [0, 0.05) is 7.34 Å². The molecule has 1 rings (SSSR count). The molecule has 0 aliphatic rings. The summed E-state index contributed by atoms with van der Waals surface area (Å²) in [4.78, 5) is 10.7. The quantitative estimate of drug-likeness (QED) is 0.881. The Morgan fingerprint density at radius 2 is 1.94 bits per heavy atom. The molecule has 6 heteroatoms. The van der Waals surface area contributed by atoms with E-state index in [-0.39, 0.29) is 1.43 Å². The topological polar surface area (TPSA) is 63.2 Å². The van der Waals surface area contributed by atoms with Crippen LogP contribution in [0.15, 0.2) is 29.2 Å². The van der Waals surface area contributed by atoms with Gasteiger partial charge in [-0.1, -0.05) is 26.0 Å². The predicted octanol–water partition coefficient (Wildman–Crippen LogP) is 1.53. The van der Waals surface area contributed by atoms with E-state index >= 15 is 0 Å². The summed E-state index contributed by atoms with van der Waals surface area (Å²) < 4.78 is 38.2. The summed E-state index contributed by atoms with van der Waals surface area (Å²) in [5.41, 5.74) is 0. The number of rotatable bonds is 3. The number of nitrogens with one attached hydrogen (secondary N) is 1. The van der Waals surface area contributed by atoms with Crippen LogP contribution in [0, 0.1) is 11.7 Å². The van der Waals surface area contributed by atoms with Gasteiger partial charge in [-0.2, -0.15) is 0 Å². The van der Waals surface area contributed by atoms with Crippen LogP contribution in [0.2, 0.25) is 0 Å². The molecule has 0 saturated carbocycles. The van der Waals surface area contributed by atoms with Gasteiger partial charge in [0.2, 0.25) is 5.91 Å². The monoisotopic (exact) mass is 247 g/mol. The highest BCUT2D eigenvalue weighted by Gasteiger charge is 2.22. The largest absolute Gasteiger partial charge is 0.274 e. The van der Waals surface area contributed by atoms with E-state index in [9.17, 15) is 17.6 Å². The van der Waals surface area contributed by atoms with Gasteiger partial charge >= 0.3 is 0 Å². The van der Waals surface area contributed by atoms with E-state index in [1.807, 2.05) is 0 Å². The Morgan fingerprint density at radius 1 is 1.38 bits per heavy atom. The van der Waals surface area contributed by atoms with E-state index in [1.165, 1.54) is 12.1 Å². The maximum absolute atomic E-state index is 13.2. The number of amides is 1. The molecule has 0 spiro atoms. The maximum atomic E-state index is 13.2. The fourth-order valence-corrected chi connectivity index (χ4v) is 2.16. The van der Waals surface area contributed by atoms with Crippen molar-refractivity contribution in [1.29, 1.82) is 0 Å². The van der Waals surface area contributed by atoms with Gasteiger partial charge in [0.15, 0.2) is 0 Å². The van der Waals surface area contributed by atoms with E-state index in [4.69, 9.17) is 0 Å². The molecule has 0 radical (unpaired) electrons. The van der Waals surface area contributed by atoms with Crippen LogP contribution in [0.4, 0.5) is 4.39 Å². The number of sulfonamides is 1. The number of carbonyl (C=O) groups is 1. The molecule has 1 N–H and O–H groups in total. The highest BCUT2D eigenvalue weighted by Crippen LogP contribution is 2.13. The van der Waals surface area contributed by atoms with Crippen molar-refractivity contribution in [3.63, 3.8) is 0 Å². The molecule has 1 aromatic carbocycles. The molecule has 0 bridgehead atoms. The first-order valence-corrected chi connectivity index (χ1v) is 6.14. The van der Waals surface area contributed by atoms with Crippen molar-refractivity contribution in [2.24, 2.45) is 5.92 Å². The Kier molecular flexibility index (Phi) is 3.64. The van der Waals surface area contributed by atoms with Crippen LogP contribution in [0.5, 0.6) is 0 Å². The molecule has 0 aliphatic heterocycles. The summed E-state index contributed by atoms with van der Waals surface area (Å²) >= 11 is 0. The molecule has 1 aromatic rings. The summed E-state index contributed by atoms with van der Waals surface area (Å²) in [6.07, 6.45) is 0. The van der Waals surface area contributed by atoms with Gasteiger partial charge in [-0.25, -0.2) is 17.5 Å². The second-order valence-electron chi connectivity index (χ2n) is 3.55. The minimum absolute atomic E-state index is 0. The molecule has 1 amide bonds. The first-order valence-electron chi connectivity index (χ1n) is 4.66. The van der Waals surface area contributed by atoms with Crippen molar-refractivity contribution in [2.45, 2.75) is 18.7 Å². The zero-order chi connectivity index (χ0) is 12.3. The summed E-state index contributed by atoms with van der Waals surface area (Å²) in [5.74, 6) is -2.03. The average Bonchev–Trinajstić information content (AvgIpc) is 2.17. The molecular formula is C10H14FNO3S. The normalized spacial score (nSPS) is 11.5. The lowest BCUT2D eigenvalue weighted by molar-refractivity contribution is -0.122. The van der Waals surface area contributed by atoms with E-state index in [2.05, 4.69) is 0 Å². The Hall–Kier alpha value is -1.43. The Bertz CT molecular complexity index is 502. The predicted molar refractivity (Wildman–Crippen MR) is 58.7 cm³/mol. The molecule has 4 nitrogen and oxygen atoms in total. The van der Waals surface area contributed by atoms with Crippen molar-refractivity contribution in [1.82, 2.24) is 4.72 Å². The molecule has 0 saturated heterocycles. The lowest BCUT2D eigenvalue weighted by Gasteiger charge is -2.09. The maximum Gasteiger partial charge on any atom is 0.266 e. The zero-order valence-corrected chi connectivity index (χ0v) is 9.71. The third-order valence-electron chi connectivity index (χ3n) is 1.89. The molecule has 0 aliphatic carbocycles. The van der Waals surface area contributed by atoms with Gasteiger partial charge in [0.05, 0.1) is 0 Å². The van der Waals surface area contributed by atoms with E-state index in [0.29, 0.717) is 0 Å². The standard InChI is InChI=1S/C10H12FNO3S.H2/c1-7(2)10(13)12-16(14,15)9-6-4-3-5-8(9)11;/h3-7H,1-2H3,(H,12,13);1H. The number of hydrogen-bond acceptors (Lipinski definition) is 3. The lowest BCUT2D eigenvalue weighted by atomic mass is 10.2. The summed E-state index contributed by atoms with van der Waals surface area (Å²) in [6.45, 7) is 3.10. The van der Waals surface area contributed by atoms with Crippen molar-refractivity contribution in [3.05, 3.63) is 30.1 Å². The van der Waals surface area contributed by atoms with Crippen LogP contribution in [0.1, 0.15) is 15.3 Å². The molecule has 0 atom stereocenters. The summed E-state index contributed by atoms with van der Waals surface area (Å²) in [7, 11) is -4.11. The molecular weight excluding hydrogens is 233 g/mol. The fourth-order valence-electron chi connectivity index (χ4n) is 0.968. The third kappa shape index (κ3) is 2.79. The Morgan fingerprint density at radius 3 is 2.44 bits per heavy atom. The molecule has 0 heterocycles. The van der Waals surface area contributed by atoms with Gasteiger partial charge in [0.1, 0.15) is 10.7 Å². The van der Waals surface area contributed by atoms with Crippen LogP contribution in [-0.2, 0) is 14.8 Å². The summed E-state index contributed by atoms with van der Waals surface area (Å²) in [5, 5.41) is 0. The molecule has 0 aromatic heterocycles. The number of carbonyl (C=O) groups excluding carboxylic acids is 1. The van der Waals surface area contributed by atoms with Crippen LogP contribution >= 0.6 is 0 Å². The van der Waals surface area contributed by atoms with Gasteiger partial charge in [0.25, 0.3) is 10.0 Å². The van der Waals surface area contributed by atoms with E-state index in [1.54, 1.807) is 18.6 Å². The van der Waals surface area contributed by atoms with Gasteiger partial charge in [-0.05, 0) is 12.1 Å². The molecule has 0 unspecified atom stereocenters. The minimum atomic E-state index is -4.11. The van der Waals surface area contributed by atoms with Crippen molar-refractivity contribution in [2.75, 3.05) is 0 Å². The molecule has 90 valence electrons. The first kappa shape index (κ1) is 12.6. The molecule has 0 fully saturated rings. The van der Waals surface area contributed by atoms with Crippen molar-refractivity contribution in [3.8, 4) is 0 Å². The molecule has 16 heavy (non-hydrogen) atoms. The van der Waals surface area contributed by atoms with Crippen molar-refractivity contribution < 1.29 is 19.0 Å². The average molecular weight is 247 g/mol. The van der Waals surface area contributed by atoms with Gasteiger partial charge in [-0.15, -0.1) is 0 Å². The lowest BCUT2D eigenvalue weighted by Crippen LogP contribution is -2.34. The van der Waals surface area contributed by atoms with E-state index < -0.39 is 32.6 Å². The van der Waals surface area contributed by atoms with Gasteiger partial charge in [-0.3, -0.25) is 4.79 Å². The number of halogens is 1.